The predicted molar refractivity (Wildman–Crippen MR) is 110 cm³/mol. The maximum Gasteiger partial charge on any atom is 0.232 e. The molecule has 0 saturated heterocycles. The highest BCUT2D eigenvalue weighted by Crippen LogP contribution is 2.19. The Morgan fingerprint density at radius 1 is 1.26 bits per heavy atom. The first-order valence-corrected chi connectivity index (χ1v) is 11.8. The third-order valence-electron chi connectivity index (χ3n) is 3.85. The molecule has 6 nitrogen and oxygen atoms in total. The first-order valence-electron chi connectivity index (χ1n) is 8.77. The first kappa shape index (κ1) is 21.4. The molecule has 0 radical (unpaired) electrons. The highest BCUT2D eigenvalue weighted by Gasteiger charge is 2.17. The number of nitrogens with zero attached hydrogens (tertiary/aromatic N) is 1. The van der Waals surface area contributed by atoms with Gasteiger partial charge in [0.05, 0.1) is 24.0 Å². The van der Waals surface area contributed by atoms with Crippen LogP contribution in [0.5, 0.6) is 0 Å². The van der Waals surface area contributed by atoms with E-state index in [1.54, 1.807) is 24.1 Å². The molecular weight excluding hydrogens is 384 g/mol. The highest BCUT2D eigenvalue weighted by molar-refractivity contribution is 7.98. The van der Waals surface area contributed by atoms with Crippen LogP contribution in [0.15, 0.2) is 47.1 Å². The Balaban J connectivity index is 1.70. The van der Waals surface area contributed by atoms with E-state index in [4.69, 9.17) is 4.42 Å². The fourth-order valence-electron chi connectivity index (χ4n) is 2.57. The van der Waals surface area contributed by atoms with Crippen molar-refractivity contribution in [1.29, 1.82) is 0 Å². The van der Waals surface area contributed by atoms with Gasteiger partial charge in [-0.3, -0.25) is 9.10 Å². The number of amides is 1. The van der Waals surface area contributed by atoms with Gasteiger partial charge in [0.25, 0.3) is 0 Å². The SMILES string of the molecule is Cc1cccc(N(CCCC(=O)NCCSCc2ccco2)S(C)(=O)=O)c1. The van der Waals surface area contributed by atoms with Gasteiger partial charge in [0.2, 0.25) is 15.9 Å². The van der Waals surface area contributed by atoms with Crippen molar-refractivity contribution in [3.8, 4) is 0 Å². The molecule has 0 saturated carbocycles. The summed E-state index contributed by atoms with van der Waals surface area (Å²) in [4.78, 5) is 11.9. The van der Waals surface area contributed by atoms with Crippen molar-refractivity contribution in [2.45, 2.75) is 25.5 Å². The lowest BCUT2D eigenvalue weighted by Crippen LogP contribution is -2.32. The Labute approximate surface area is 165 Å². The van der Waals surface area contributed by atoms with Crippen molar-refractivity contribution >= 4 is 33.4 Å². The normalized spacial score (nSPS) is 11.3. The van der Waals surface area contributed by atoms with Crippen LogP contribution < -0.4 is 9.62 Å². The number of hydrogen-bond acceptors (Lipinski definition) is 5. The molecule has 8 heteroatoms. The number of benzene rings is 1. The van der Waals surface area contributed by atoms with Gasteiger partial charge in [-0.05, 0) is 43.2 Å². The molecule has 0 bridgehead atoms. The van der Waals surface area contributed by atoms with Crippen LogP contribution in [0.4, 0.5) is 5.69 Å². The average molecular weight is 411 g/mol. The zero-order chi connectivity index (χ0) is 19.7. The van der Waals surface area contributed by atoms with Gasteiger partial charge >= 0.3 is 0 Å². The zero-order valence-electron chi connectivity index (χ0n) is 15.7. The van der Waals surface area contributed by atoms with Gasteiger partial charge in [-0.1, -0.05) is 12.1 Å². The second kappa shape index (κ2) is 10.4. The number of anilines is 1. The molecule has 1 heterocycles. The van der Waals surface area contributed by atoms with Crippen LogP contribution in [0.1, 0.15) is 24.2 Å². The lowest BCUT2D eigenvalue weighted by Gasteiger charge is -2.22. The maximum absolute atomic E-state index is 12.1. The molecule has 1 amide bonds. The Morgan fingerprint density at radius 2 is 2.07 bits per heavy atom. The van der Waals surface area contributed by atoms with Gasteiger partial charge in [-0.25, -0.2) is 8.42 Å². The molecule has 148 valence electrons. The van der Waals surface area contributed by atoms with E-state index in [0.717, 1.165) is 22.8 Å². The van der Waals surface area contributed by atoms with Gasteiger partial charge in [-0.15, -0.1) is 0 Å². The fraction of sp³-hybridized carbons (Fsp3) is 0.421. The minimum Gasteiger partial charge on any atom is -0.468 e. The largest absolute Gasteiger partial charge is 0.468 e. The molecule has 0 unspecified atom stereocenters. The van der Waals surface area contributed by atoms with Crippen LogP contribution in [0.2, 0.25) is 0 Å². The molecule has 1 aromatic heterocycles. The van der Waals surface area contributed by atoms with Crippen molar-refractivity contribution in [2.24, 2.45) is 0 Å². The molecule has 0 aliphatic carbocycles. The van der Waals surface area contributed by atoms with Gasteiger partial charge in [-0.2, -0.15) is 11.8 Å². The van der Waals surface area contributed by atoms with Crippen molar-refractivity contribution in [1.82, 2.24) is 5.32 Å². The van der Waals surface area contributed by atoms with Crippen LogP contribution in [0, 0.1) is 6.92 Å². The molecular formula is C19H26N2O4S2. The smallest absolute Gasteiger partial charge is 0.232 e. The first-order chi connectivity index (χ1) is 12.9. The Bertz CT molecular complexity index is 820. The number of thioether (sulfide) groups is 1. The number of carbonyl (C=O) groups is 1. The number of sulfonamides is 1. The number of aryl methyl sites for hydroxylation is 1. The molecule has 0 fully saturated rings. The predicted octanol–water partition coefficient (Wildman–Crippen LogP) is 3.18. The van der Waals surface area contributed by atoms with Crippen LogP contribution in [-0.4, -0.2) is 39.4 Å². The Hall–Kier alpha value is -1.93. The average Bonchev–Trinajstić information content (AvgIpc) is 3.10. The third-order valence-corrected chi connectivity index (χ3v) is 6.02. The highest BCUT2D eigenvalue weighted by atomic mass is 32.2. The molecule has 0 aliphatic rings. The molecule has 2 aromatic rings. The van der Waals surface area contributed by atoms with Crippen LogP contribution in [0.3, 0.4) is 0 Å². The number of nitrogens with one attached hydrogen (secondary N) is 1. The van der Waals surface area contributed by atoms with E-state index in [2.05, 4.69) is 5.32 Å². The second-order valence-corrected chi connectivity index (χ2v) is 9.27. The molecule has 27 heavy (non-hydrogen) atoms. The van der Waals surface area contributed by atoms with Gasteiger partial charge in [0.15, 0.2) is 0 Å². The topological polar surface area (TPSA) is 79.6 Å². The quantitative estimate of drug-likeness (QED) is 0.576. The van der Waals surface area contributed by atoms with Crippen LogP contribution in [-0.2, 0) is 20.6 Å². The molecule has 1 aromatic carbocycles. The lowest BCUT2D eigenvalue weighted by atomic mass is 10.2. The zero-order valence-corrected chi connectivity index (χ0v) is 17.3. The summed E-state index contributed by atoms with van der Waals surface area (Å²) in [6.45, 7) is 2.78. The number of carbonyl (C=O) groups excluding carboxylic acids is 1. The summed E-state index contributed by atoms with van der Waals surface area (Å²) in [6.07, 6.45) is 3.59. The second-order valence-electron chi connectivity index (χ2n) is 6.26. The Kier molecular flexibility index (Phi) is 8.24. The lowest BCUT2D eigenvalue weighted by molar-refractivity contribution is -0.121. The summed E-state index contributed by atoms with van der Waals surface area (Å²) in [7, 11) is -3.39. The van der Waals surface area contributed by atoms with E-state index in [9.17, 15) is 13.2 Å². The summed E-state index contributed by atoms with van der Waals surface area (Å²) in [5, 5.41) is 2.87. The van der Waals surface area contributed by atoms with E-state index < -0.39 is 10.0 Å². The van der Waals surface area contributed by atoms with E-state index in [1.807, 2.05) is 37.3 Å². The summed E-state index contributed by atoms with van der Waals surface area (Å²) >= 11 is 1.69. The van der Waals surface area contributed by atoms with E-state index in [0.29, 0.717) is 25.1 Å². The van der Waals surface area contributed by atoms with Gasteiger partial charge < -0.3 is 9.73 Å². The van der Waals surface area contributed by atoms with E-state index >= 15 is 0 Å². The number of hydrogen-bond donors (Lipinski definition) is 1. The van der Waals surface area contributed by atoms with Crippen molar-refractivity contribution < 1.29 is 17.6 Å². The number of rotatable bonds is 11. The summed E-state index contributed by atoms with van der Waals surface area (Å²) < 4.78 is 30.8. The summed E-state index contributed by atoms with van der Waals surface area (Å²) in [5.74, 6) is 2.43. The molecule has 0 atom stereocenters. The maximum atomic E-state index is 12.1. The molecule has 0 aliphatic heterocycles. The van der Waals surface area contributed by atoms with Gasteiger partial charge in [0.1, 0.15) is 5.76 Å². The summed E-state index contributed by atoms with van der Waals surface area (Å²) in [6, 6.07) is 11.1. The standard InChI is InChI=1S/C19H26N2O4S2/c1-16-6-3-7-17(14-16)21(27(2,23)24)11-4-9-19(22)20-10-13-26-15-18-8-5-12-25-18/h3,5-8,12,14H,4,9-11,13,15H2,1-2H3,(H,20,22). The Morgan fingerprint density at radius 3 is 2.74 bits per heavy atom. The number of furan rings is 1. The van der Waals surface area contributed by atoms with Crippen LogP contribution >= 0.6 is 11.8 Å². The summed E-state index contributed by atoms with van der Waals surface area (Å²) in [5.41, 5.74) is 1.62. The molecule has 1 N–H and O–H groups in total. The van der Waals surface area contributed by atoms with Gasteiger partial charge in [0, 0.05) is 25.3 Å². The van der Waals surface area contributed by atoms with Crippen molar-refractivity contribution in [3.63, 3.8) is 0 Å². The van der Waals surface area contributed by atoms with Crippen molar-refractivity contribution in [2.75, 3.05) is 29.4 Å². The monoisotopic (exact) mass is 410 g/mol. The minimum atomic E-state index is -3.39. The molecule has 2 rings (SSSR count). The van der Waals surface area contributed by atoms with E-state index in [-0.39, 0.29) is 12.5 Å². The van der Waals surface area contributed by atoms with E-state index in [1.165, 1.54) is 10.6 Å². The van der Waals surface area contributed by atoms with Crippen molar-refractivity contribution in [3.05, 3.63) is 54.0 Å². The minimum absolute atomic E-state index is 0.0636. The fourth-order valence-corrected chi connectivity index (χ4v) is 4.28. The molecule has 0 spiro atoms. The third kappa shape index (κ3) is 7.68. The van der Waals surface area contributed by atoms with Crippen LogP contribution in [0.25, 0.3) is 0 Å².